The molecule has 0 saturated carbocycles. The van der Waals surface area contributed by atoms with Gasteiger partial charge in [-0.2, -0.15) is 0 Å². The molecule has 34 heavy (non-hydrogen) atoms. The number of ether oxygens (including phenoxy) is 1. The molecule has 1 aliphatic heterocycles. The lowest BCUT2D eigenvalue weighted by Gasteiger charge is -2.19. The van der Waals surface area contributed by atoms with Crippen molar-refractivity contribution < 1.29 is 9.84 Å². The van der Waals surface area contributed by atoms with Crippen molar-refractivity contribution in [1.82, 2.24) is 14.4 Å². The molecule has 2 aromatic carbocycles. The Morgan fingerprint density at radius 2 is 2.06 bits per heavy atom. The van der Waals surface area contributed by atoms with Crippen molar-refractivity contribution in [3.8, 4) is 17.0 Å². The number of nitrogens with one attached hydrogen (secondary N) is 1. The summed E-state index contributed by atoms with van der Waals surface area (Å²) in [6.07, 6.45) is 9.00. The normalized spacial score (nSPS) is 12.8. The minimum atomic E-state index is -0.721. The van der Waals surface area contributed by atoms with Crippen molar-refractivity contribution in [2.45, 2.75) is 45.8 Å². The summed E-state index contributed by atoms with van der Waals surface area (Å²) in [7, 11) is 0. The van der Waals surface area contributed by atoms with E-state index in [1.807, 2.05) is 62.0 Å². The van der Waals surface area contributed by atoms with Gasteiger partial charge >= 0.3 is 0 Å². The molecule has 174 valence electrons. The van der Waals surface area contributed by atoms with Gasteiger partial charge < -0.3 is 19.6 Å². The van der Waals surface area contributed by atoms with Gasteiger partial charge in [-0.05, 0) is 62.4 Å². The van der Waals surface area contributed by atoms with Crippen LogP contribution in [0.15, 0.2) is 60.0 Å². The second-order valence-corrected chi connectivity index (χ2v) is 9.21. The second kappa shape index (κ2) is 8.91. The van der Waals surface area contributed by atoms with Crippen LogP contribution in [0.3, 0.4) is 0 Å². The lowest BCUT2D eigenvalue weighted by molar-refractivity contribution is 0.0712. The number of aromatic nitrogens is 3. The van der Waals surface area contributed by atoms with E-state index in [-0.39, 0.29) is 0 Å². The van der Waals surface area contributed by atoms with Crippen molar-refractivity contribution in [2.75, 3.05) is 11.9 Å². The van der Waals surface area contributed by atoms with Crippen molar-refractivity contribution in [2.24, 2.45) is 4.99 Å². The number of anilines is 2. The first-order valence-electron chi connectivity index (χ1n) is 11.6. The van der Waals surface area contributed by atoms with Crippen LogP contribution in [0.25, 0.3) is 16.9 Å². The summed E-state index contributed by atoms with van der Waals surface area (Å²) >= 11 is 0. The van der Waals surface area contributed by atoms with E-state index in [2.05, 4.69) is 33.5 Å². The van der Waals surface area contributed by atoms with E-state index in [1.165, 1.54) is 11.1 Å². The minimum absolute atomic E-state index is 0.569. The van der Waals surface area contributed by atoms with Gasteiger partial charge in [0.2, 0.25) is 0 Å². The van der Waals surface area contributed by atoms with Gasteiger partial charge in [-0.25, -0.2) is 9.97 Å². The van der Waals surface area contributed by atoms with Crippen LogP contribution in [0, 0.1) is 0 Å². The zero-order valence-electron chi connectivity index (χ0n) is 19.7. The summed E-state index contributed by atoms with van der Waals surface area (Å²) in [6.45, 7) is 6.90. The fraction of sp³-hybridized carbons (Fsp3) is 0.296. The summed E-state index contributed by atoms with van der Waals surface area (Å²) in [5.41, 5.74) is 6.24. The van der Waals surface area contributed by atoms with E-state index in [1.54, 1.807) is 6.20 Å². The number of hydrogen-bond acceptors (Lipinski definition) is 6. The van der Waals surface area contributed by atoms with Gasteiger partial charge in [-0.1, -0.05) is 18.2 Å². The molecule has 0 saturated heterocycles. The predicted molar refractivity (Wildman–Crippen MR) is 135 cm³/mol. The van der Waals surface area contributed by atoms with Crippen LogP contribution in [0.4, 0.5) is 11.5 Å². The Morgan fingerprint density at radius 1 is 1.18 bits per heavy atom. The highest BCUT2D eigenvalue weighted by Crippen LogP contribution is 2.30. The SMILES string of the molecule is CCOc1cc(Nc2nc(-c3ccc4c(c3)CN=C4)cn3ccnc23)ccc1CCC(C)(C)O. The highest BCUT2D eigenvalue weighted by atomic mass is 16.5. The van der Waals surface area contributed by atoms with Gasteiger partial charge in [-0.3, -0.25) is 4.99 Å². The second-order valence-electron chi connectivity index (χ2n) is 9.21. The number of fused-ring (bicyclic) bond motifs is 2. The maximum atomic E-state index is 10.1. The number of rotatable bonds is 8. The molecule has 2 N–H and O–H groups in total. The zero-order valence-corrected chi connectivity index (χ0v) is 19.7. The summed E-state index contributed by atoms with van der Waals surface area (Å²) in [5.74, 6) is 1.48. The fourth-order valence-corrected chi connectivity index (χ4v) is 4.13. The third kappa shape index (κ3) is 4.65. The molecule has 0 bridgehead atoms. The van der Waals surface area contributed by atoms with E-state index >= 15 is 0 Å². The molecule has 0 amide bonds. The number of benzene rings is 2. The summed E-state index contributed by atoms with van der Waals surface area (Å²) < 4.78 is 7.90. The van der Waals surface area contributed by atoms with Gasteiger partial charge in [0.1, 0.15) is 5.75 Å². The third-order valence-corrected chi connectivity index (χ3v) is 5.94. The smallest absolute Gasteiger partial charge is 0.180 e. The van der Waals surface area contributed by atoms with Crippen LogP contribution in [0.1, 0.15) is 43.9 Å². The van der Waals surface area contributed by atoms with Crippen molar-refractivity contribution >= 4 is 23.4 Å². The van der Waals surface area contributed by atoms with Crippen molar-refractivity contribution in [3.63, 3.8) is 0 Å². The van der Waals surface area contributed by atoms with Gasteiger partial charge in [0.15, 0.2) is 11.5 Å². The van der Waals surface area contributed by atoms with Gasteiger partial charge in [0.05, 0.1) is 24.4 Å². The first kappa shape index (κ1) is 22.1. The average molecular weight is 456 g/mol. The van der Waals surface area contributed by atoms with Gasteiger partial charge in [-0.15, -0.1) is 0 Å². The largest absolute Gasteiger partial charge is 0.494 e. The Morgan fingerprint density at radius 3 is 2.88 bits per heavy atom. The monoisotopic (exact) mass is 455 g/mol. The summed E-state index contributed by atoms with van der Waals surface area (Å²) in [6, 6.07) is 12.4. The van der Waals surface area contributed by atoms with Gasteiger partial charge in [0, 0.05) is 42.1 Å². The minimum Gasteiger partial charge on any atom is -0.494 e. The fourth-order valence-electron chi connectivity index (χ4n) is 4.13. The highest BCUT2D eigenvalue weighted by molar-refractivity contribution is 5.86. The van der Waals surface area contributed by atoms with Crippen LogP contribution in [0.5, 0.6) is 5.75 Å². The maximum absolute atomic E-state index is 10.1. The van der Waals surface area contributed by atoms with E-state index in [0.717, 1.165) is 40.3 Å². The molecule has 0 unspecified atom stereocenters. The Balaban J connectivity index is 1.47. The molecular weight excluding hydrogens is 426 g/mol. The molecule has 0 radical (unpaired) electrons. The van der Waals surface area contributed by atoms with Crippen LogP contribution in [0.2, 0.25) is 0 Å². The summed E-state index contributed by atoms with van der Waals surface area (Å²) in [5, 5.41) is 13.6. The Hall–Kier alpha value is -3.71. The molecule has 0 aliphatic carbocycles. The van der Waals surface area contributed by atoms with E-state index in [0.29, 0.717) is 25.4 Å². The molecule has 1 aliphatic rings. The van der Waals surface area contributed by atoms with Crippen molar-refractivity contribution in [3.05, 3.63) is 71.7 Å². The quantitative estimate of drug-likeness (QED) is 0.383. The van der Waals surface area contributed by atoms with Crippen LogP contribution in [-0.2, 0) is 13.0 Å². The third-order valence-electron chi connectivity index (χ3n) is 5.94. The predicted octanol–water partition coefficient (Wildman–Crippen LogP) is 5.17. The topological polar surface area (TPSA) is 84.0 Å². The highest BCUT2D eigenvalue weighted by Gasteiger charge is 2.16. The first-order valence-corrected chi connectivity index (χ1v) is 11.6. The lowest BCUT2D eigenvalue weighted by atomic mass is 9.98. The number of aliphatic imine (C=N–C) groups is 1. The molecule has 7 nitrogen and oxygen atoms in total. The maximum Gasteiger partial charge on any atom is 0.180 e. The number of nitrogens with zero attached hydrogens (tertiary/aromatic N) is 4. The van der Waals surface area contributed by atoms with Crippen molar-refractivity contribution in [1.29, 1.82) is 0 Å². The molecule has 3 heterocycles. The summed E-state index contributed by atoms with van der Waals surface area (Å²) in [4.78, 5) is 13.8. The molecule has 4 aromatic rings. The van der Waals surface area contributed by atoms with Crippen LogP contribution in [-0.4, -0.2) is 37.9 Å². The Labute approximate surface area is 199 Å². The number of aliphatic hydroxyl groups is 1. The van der Waals surface area contributed by atoms with E-state index in [9.17, 15) is 5.11 Å². The van der Waals surface area contributed by atoms with Crippen LogP contribution < -0.4 is 10.1 Å². The molecule has 0 spiro atoms. The van der Waals surface area contributed by atoms with Crippen LogP contribution >= 0.6 is 0 Å². The molecule has 0 atom stereocenters. The zero-order chi connectivity index (χ0) is 23.7. The van der Waals surface area contributed by atoms with E-state index in [4.69, 9.17) is 9.72 Å². The average Bonchev–Trinajstić information content (AvgIpc) is 3.47. The Bertz CT molecular complexity index is 1370. The Kier molecular flexibility index (Phi) is 5.79. The molecule has 2 aromatic heterocycles. The standard InChI is InChI=1S/C27H29N5O2/c1-4-34-24-14-22(8-7-18(24)9-10-27(2,3)33)30-25-26-29-11-12-32(26)17-23(31-25)19-5-6-20-15-28-16-21(20)13-19/h5-8,11-15,17,33H,4,9-10,16H2,1-3H3,(H,30,31). The number of imidazole rings is 1. The first-order chi connectivity index (χ1) is 16.4. The molecular formula is C27H29N5O2. The number of hydrogen-bond donors (Lipinski definition) is 2. The molecule has 0 fully saturated rings. The number of aryl methyl sites for hydroxylation is 1. The molecule has 7 heteroatoms. The van der Waals surface area contributed by atoms with E-state index < -0.39 is 5.60 Å². The lowest BCUT2D eigenvalue weighted by Crippen LogP contribution is -2.19. The van der Waals surface area contributed by atoms with Gasteiger partial charge in [0.25, 0.3) is 0 Å². The molecule has 5 rings (SSSR count).